The topological polar surface area (TPSA) is 385 Å². The minimum Gasteiger partial charge on any atom is -0.481 e. The smallest absolute Gasteiger partial charge is 0.325 e. The maximum atomic E-state index is 14.8. The lowest BCUT2D eigenvalue weighted by molar-refractivity contribution is -0.168. The number of carbonyl (C=O) groups excluding carboxylic acids is 12. The molecule has 3 aliphatic heterocycles. The van der Waals surface area contributed by atoms with Crippen molar-refractivity contribution in [3.63, 3.8) is 0 Å². The van der Waals surface area contributed by atoms with Crippen LogP contribution in [0.5, 0.6) is 0 Å². The number of benzene rings is 1. The predicted octanol–water partition coefficient (Wildman–Crippen LogP) is 0.743. The highest BCUT2D eigenvalue weighted by Gasteiger charge is 2.44. The minimum absolute atomic E-state index is 0.00319. The zero-order valence-corrected chi connectivity index (χ0v) is 49.3. The fraction of sp³-hybridized carbons (Fsp3) is 0.607. The van der Waals surface area contributed by atoms with E-state index in [2.05, 4.69) is 31.6 Å². The van der Waals surface area contributed by atoms with Crippen LogP contribution in [-0.4, -0.2) is 192 Å². The Labute approximate surface area is 494 Å². The molecule has 0 radical (unpaired) electrons. The van der Waals surface area contributed by atoms with E-state index in [9.17, 15) is 82.4 Å². The molecule has 0 saturated carbocycles. The zero-order chi connectivity index (χ0) is 62.1. The van der Waals surface area contributed by atoms with Crippen molar-refractivity contribution in [2.24, 2.45) is 23.7 Å². The molecule has 26 nitrogen and oxygen atoms in total. The summed E-state index contributed by atoms with van der Waals surface area (Å²) in [5.74, 6) is -16.5. The van der Waals surface area contributed by atoms with Gasteiger partial charge in [-0.3, -0.25) is 67.1 Å². The van der Waals surface area contributed by atoms with Gasteiger partial charge in [-0.15, -0.1) is 23.4 Å². The number of aliphatic hydroxyl groups is 1. The van der Waals surface area contributed by atoms with E-state index in [1.807, 2.05) is 0 Å². The molecule has 1 aromatic heterocycles. The van der Waals surface area contributed by atoms with Crippen LogP contribution in [0.3, 0.4) is 0 Å². The number of hydrazine groups is 1. The van der Waals surface area contributed by atoms with Gasteiger partial charge in [0.2, 0.25) is 41.4 Å². The highest BCUT2D eigenvalue weighted by Crippen LogP contribution is 2.35. The molecule has 84 heavy (non-hydrogen) atoms. The van der Waals surface area contributed by atoms with Crippen molar-refractivity contribution < 1.29 is 82.4 Å². The van der Waals surface area contributed by atoms with Crippen molar-refractivity contribution in [2.45, 2.75) is 153 Å². The zero-order valence-electron chi connectivity index (χ0n) is 47.8. The Morgan fingerprint density at radius 1 is 0.738 bits per heavy atom. The number of aromatic amines is 1. The third kappa shape index (κ3) is 18.6. The SMILES string of the molecule is CCC(=O)N(CC(=O)O)N(CC(=O)CCCCC(=O)Cc1ccc2[nH]c3c(c2c1)C[C@@H]1CC(=O)[C@H](C(C)CC)NC(=O)[C@@H]2C[C@@H](O)CN2C(=O)[C@H](CC(=O)O)CC(=O)[C@H](CS3)NC(=O)CNC(=O)[C@H]([C@@H](C)CC)NC(=O)CNC1=O)C(=O)CCl. The number of aliphatic hydroxyl groups excluding tert-OH is 1. The third-order valence-electron chi connectivity index (χ3n) is 15.4. The molecule has 2 aromatic rings. The first-order valence-electron chi connectivity index (χ1n) is 28.2. The van der Waals surface area contributed by atoms with Gasteiger partial charge in [0.05, 0.1) is 48.6 Å². The molecule has 1 aromatic carbocycles. The number of nitrogens with zero attached hydrogens (tertiary/aromatic N) is 3. The molecule has 4 heterocycles. The number of thioether (sulfide) groups is 1. The molecule has 9 atom stereocenters. The van der Waals surface area contributed by atoms with Crippen LogP contribution in [0.25, 0.3) is 10.9 Å². The van der Waals surface area contributed by atoms with Crippen LogP contribution in [0.15, 0.2) is 23.2 Å². The predicted molar refractivity (Wildman–Crippen MR) is 302 cm³/mol. The molecular formula is C56H76ClN9O17S. The van der Waals surface area contributed by atoms with E-state index in [1.165, 1.54) is 6.92 Å². The number of aliphatic carboxylic acids is 2. The summed E-state index contributed by atoms with van der Waals surface area (Å²) in [4.78, 5) is 194. The van der Waals surface area contributed by atoms with Gasteiger partial charge in [0.25, 0.3) is 5.91 Å². The van der Waals surface area contributed by atoms with E-state index in [1.54, 1.807) is 45.9 Å². The van der Waals surface area contributed by atoms with E-state index in [4.69, 9.17) is 11.6 Å². The standard InChI is InChI=1S/C56H76ClN9O17S/c1-6-29(4)50-43(71)18-32-17-38-37-16-31(15-34(67)11-9-10-12-35(68)26-65(47(75)22-57)66(27-49(78)79)46(74)8-3)13-14-39(37)61-55(38)84-28-40(60-44(72)23-59-54(82)51(30(5)7-2)62-45(73)24-58-52(32)80)42(70)19-33(20-48(76)77)56(83)64-25-36(69)21-41(64)53(81)63-50/h13-14,16,29-30,32-33,36,40-41,50-51,61,69H,6-12,15,17-28H2,1-5H3,(H,58,80)(H,59,82)(H,60,72)(H,62,73)(H,63,81)(H,76,77)(H,78,79)/t29?,30-,32+,33-,36+,40-,41-,50-,51-/m0/s1. The van der Waals surface area contributed by atoms with Gasteiger partial charge >= 0.3 is 11.9 Å². The van der Waals surface area contributed by atoms with Crippen LogP contribution in [0.2, 0.25) is 0 Å². The Balaban J connectivity index is 1.56. The maximum absolute atomic E-state index is 14.8. The highest BCUT2D eigenvalue weighted by atomic mass is 35.5. The van der Waals surface area contributed by atoms with E-state index >= 15 is 0 Å². The molecule has 8 amide bonds. The average Bonchev–Trinajstić information content (AvgIpc) is 3.40. The van der Waals surface area contributed by atoms with Gasteiger partial charge in [0, 0.05) is 74.1 Å². The second kappa shape index (κ2) is 31.6. The van der Waals surface area contributed by atoms with Crippen molar-refractivity contribution in [2.75, 3.05) is 44.4 Å². The van der Waals surface area contributed by atoms with Crippen LogP contribution in [-0.2, 0) is 80.0 Å². The Bertz CT molecular complexity index is 2860. The molecule has 5 rings (SSSR count). The minimum atomic E-state index is -1.60. The largest absolute Gasteiger partial charge is 0.481 e. The number of hydrogen-bond donors (Lipinski definition) is 9. The second-order valence-corrected chi connectivity index (χ2v) is 23.0. The number of aromatic nitrogens is 1. The Kier molecular flexibility index (Phi) is 25.4. The first-order chi connectivity index (χ1) is 39.8. The van der Waals surface area contributed by atoms with Crippen LogP contribution in [0, 0.1) is 23.7 Å². The summed E-state index contributed by atoms with van der Waals surface area (Å²) in [5, 5.41) is 45.5. The number of halogens is 1. The summed E-state index contributed by atoms with van der Waals surface area (Å²) in [5.41, 5.74) is 1.38. The fourth-order valence-corrected chi connectivity index (χ4v) is 11.6. The molecule has 28 heteroatoms. The quantitative estimate of drug-likeness (QED) is 0.0532. The second-order valence-electron chi connectivity index (χ2n) is 21.7. The van der Waals surface area contributed by atoms with Gasteiger partial charge in [-0.1, -0.05) is 53.5 Å². The normalized spacial score (nSPS) is 23.2. The van der Waals surface area contributed by atoms with Gasteiger partial charge in [0.15, 0.2) is 17.3 Å². The summed E-state index contributed by atoms with van der Waals surface area (Å²) < 4.78 is 0. The van der Waals surface area contributed by atoms with E-state index in [0.29, 0.717) is 49.9 Å². The maximum Gasteiger partial charge on any atom is 0.325 e. The number of hydrogen-bond acceptors (Lipinski definition) is 16. The monoisotopic (exact) mass is 1210 g/mol. The molecule has 1 unspecified atom stereocenters. The number of carbonyl (C=O) groups is 14. The molecule has 2 bridgehead atoms. The average molecular weight is 1210 g/mol. The van der Waals surface area contributed by atoms with Crippen LogP contribution in [0.1, 0.15) is 116 Å². The van der Waals surface area contributed by atoms with E-state index in [0.717, 1.165) is 16.7 Å². The Morgan fingerprint density at radius 3 is 2.00 bits per heavy atom. The van der Waals surface area contributed by atoms with Crippen molar-refractivity contribution >= 4 is 117 Å². The molecule has 1 fully saturated rings. The van der Waals surface area contributed by atoms with Gasteiger partial charge < -0.3 is 51.8 Å². The van der Waals surface area contributed by atoms with Gasteiger partial charge in [-0.25, -0.2) is 10.0 Å². The van der Waals surface area contributed by atoms with E-state index < -0.39 is 188 Å². The molecule has 460 valence electrons. The number of ketones is 4. The first-order valence-corrected chi connectivity index (χ1v) is 29.7. The van der Waals surface area contributed by atoms with Gasteiger partial charge in [-0.2, -0.15) is 0 Å². The van der Waals surface area contributed by atoms with Crippen molar-refractivity contribution in [1.29, 1.82) is 0 Å². The van der Waals surface area contributed by atoms with Gasteiger partial charge in [-0.05, 0) is 54.4 Å². The lowest BCUT2D eigenvalue weighted by Gasteiger charge is -2.32. The summed E-state index contributed by atoms with van der Waals surface area (Å²) in [7, 11) is 0. The number of unbranched alkanes of at least 4 members (excludes halogenated alkanes) is 1. The summed E-state index contributed by atoms with van der Waals surface area (Å²) in [6, 6.07) is -0.322. The molecule has 0 aliphatic carbocycles. The summed E-state index contributed by atoms with van der Waals surface area (Å²) in [6.07, 6.45) is -3.20. The lowest BCUT2D eigenvalue weighted by Crippen LogP contribution is -2.55. The van der Waals surface area contributed by atoms with Crippen LogP contribution < -0.4 is 26.6 Å². The molecule has 0 spiro atoms. The van der Waals surface area contributed by atoms with Crippen molar-refractivity contribution in [3.8, 4) is 0 Å². The first kappa shape index (κ1) is 67.5. The van der Waals surface area contributed by atoms with Crippen LogP contribution >= 0.6 is 23.4 Å². The number of amides is 8. The number of fused-ring (bicyclic) bond motifs is 5. The van der Waals surface area contributed by atoms with Crippen molar-refractivity contribution in [3.05, 3.63) is 29.3 Å². The highest BCUT2D eigenvalue weighted by molar-refractivity contribution is 7.99. The number of H-pyrrole nitrogens is 1. The number of carboxylic acids is 2. The van der Waals surface area contributed by atoms with Crippen LogP contribution in [0.4, 0.5) is 0 Å². The third-order valence-corrected chi connectivity index (χ3v) is 16.7. The molecule has 9 N–H and O–H groups in total. The van der Waals surface area contributed by atoms with Gasteiger partial charge in [0.1, 0.15) is 36.8 Å². The van der Waals surface area contributed by atoms with E-state index in [-0.39, 0.29) is 62.9 Å². The molecule has 1 saturated heterocycles. The molecular weight excluding hydrogens is 1140 g/mol. The number of Topliss-reactive ketones (excluding diaryl/α,β-unsaturated/α-hetero) is 4. The number of rotatable bonds is 19. The fourth-order valence-electron chi connectivity index (χ4n) is 10.3. The van der Waals surface area contributed by atoms with Crippen molar-refractivity contribution in [1.82, 2.24) is 46.5 Å². The summed E-state index contributed by atoms with van der Waals surface area (Å²) >= 11 is 6.74. The number of alkyl halides is 1. The number of nitrogens with one attached hydrogen (secondary N) is 6. The Hall–Kier alpha value is -7.26. The molecule has 3 aliphatic rings. The lowest BCUT2D eigenvalue weighted by atomic mass is 9.86. The Morgan fingerprint density at radius 2 is 1.37 bits per heavy atom. The summed E-state index contributed by atoms with van der Waals surface area (Å²) in [6.45, 7) is 5.13. The number of carboxylic acid groups (broad SMARTS) is 2.